The van der Waals surface area contributed by atoms with Gasteiger partial charge in [0, 0.05) is 12.1 Å². The van der Waals surface area contributed by atoms with Crippen LogP contribution in [-0.4, -0.2) is 31.7 Å². The SMILES string of the molecule is COc1ccc(CCN)c(OC(C)C(=O)NC(C)C)c1. The van der Waals surface area contributed by atoms with E-state index < -0.39 is 6.10 Å². The molecule has 0 radical (unpaired) electrons. The summed E-state index contributed by atoms with van der Waals surface area (Å²) in [6, 6.07) is 5.64. The number of nitrogens with one attached hydrogen (secondary N) is 1. The van der Waals surface area contributed by atoms with Crippen molar-refractivity contribution in [2.45, 2.75) is 39.3 Å². The van der Waals surface area contributed by atoms with Gasteiger partial charge in [0.25, 0.3) is 5.91 Å². The zero-order valence-corrected chi connectivity index (χ0v) is 12.6. The van der Waals surface area contributed by atoms with Crippen molar-refractivity contribution in [2.24, 2.45) is 5.73 Å². The highest BCUT2D eigenvalue weighted by molar-refractivity contribution is 5.81. The molecule has 1 aromatic rings. The largest absolute Gasteiger partial charge is 0.497 e. The van der Waals surface area contributed by atoms with E-state index in [1.54, 1.807) is 20.1 Å². The summed E-state index contributed by atoms with van der Waals surface area (Å²) in [5, 5.41) is 2.82. The average Bonchev–Trinajstić information content (AvgIpc) is 2.40. The molecule has 0 aliphatic heterocycles. The second-order valence-electron chi connectivity index (χ2n) is 4.94. The molecular formula is C15H24N2O3. The fraction of sp³-hybridized carbons (Fsp3) is 0.533. The molecule has 1 amide bonds. The Hall–Kier alpha value is -1.75. The third-order valence-corrected chi connectivity index (χ3v) is 2.79. The van der Waals surface area contributed by atoms with Crippen molar-refractivity contribution in [1.82, 2.24) is 5.32 Å². The molecule has 112 valence electrons. The summed E-state index contributed by atoms with van der Waals surface area (Å²) in [5.74, 6) is 1.19. The number of hydrogen-bond donors (Lipinski definition) is 2. The summed E-state index contributed by atoms with van der Waals surface area (Å²) >= 11 is 0. The van der Waals surface area contributed by atoms with Gasteiger partial charge in [-0.2, -0.15) is 0 Å². The van der Waals surface area contributed by atoms with E-state index in [0.29, 0.717) is 24.5 Å². The quantitative estimate of drug-likeness (QED) is 0.793. The van der Waals surface area contributed by atoms with Crippen LogP contribution in [0.5, 0.6) is 11.5 Å². The predicted octanol–water partition coefficient (Wildman–Crippen LogP) is 1.49. The van der Waals surface area contributed by atoms with Crippen molar-refractivity contribution >= 4 is 5.91 Å². The van der Waals surface area contributed by atoms with Crippen molar-refractivity contribution in [3.05, 3.63) is 23.8 Å². The first-order valence-corrected chi connectivity index (χ1v) is 6.82. The lowest BCUT2D eigenvalue weighted by atomic mass is 10.1. The first-order valence-electron chi connectivity index (χ1n) is 6.82. The molecule has 3 N–H and O–H groups in total. The lowest BCUT2D eigenvalue weighted by molar-refractivity contribution is -0.127. The van der Waals surface area contributed by atoms with Crippen LogP contribution in [0, 0.1) is 0 Å². The molecule has 0 aromatic heterocycles. The molecule has 1 unspecified atom stereocenters. The van der Waals surface area contributed by atoms with Crippen LogP contribution in [0.15, 0.2) is 18.2 Å². The number of ether oxygens (including phenoxy) is 2. The van der Waals surface area contributed by atoms with Gasteiger partial charge in [0.1, 0.15) is 11.5 Å². The predicted molar refractivity (Wildman–Crippen MR) is 79.1 cm³/mol. The molecule has 0 fully saturated rings. The van der Waals surface area contributed by atoms with Gasteiger partial charge < -0.3 is 20.5 Å². The molecule has 1 rings (SSSR count). The Balaban J connectivity index is 2.85. The molecule has 0 spiro atoms. The van der Waals surface area contributed by atoms with E-state index in [4.69, 9.17) is 15.2 Å². The lowest BCUT2D eigenvalue weighted by Gasteiger charge is -2.19. The molecule has 0 heterocycles. The van der Waals surface area contributed by atoms with Gasteiger partial charge in [-0.25, -0.2) is 0 Å². The Morgan fingerprint density at radius 1 is 1.35 bits per heavy atom. The topological polar surface area (TPSA) is 73.6 Å². The van der Waals surface area contributed by atoms with E-state index >= 15 is 0 Å². The minimum absolute atomic E-state index is 0.0855. The van der Waals surface area contributed by atoms with E-state index in [2.05, 4.69) is 5.32 Å². The van der Waals surface area contributed by atoms with Crippen LogP contribution in [0.25, 0.3) is 0 Å². The molecule has 5 heteroatoms. The highest BCUT2D eigenvalue weighted by Gasteiger charge is 2.17. The van der Waals surface area contributed by atoms with Gasteiger partial charge >= 0.3 is 0 Å². The average molecular weight is 280 g/mol. The maximum atomic E-state index is 11.9. The number of carbonyl (C=O) groups is 1. The smallest absolute Gasteiger partial charge is 0.260 e. The van der Waals surface area contributed by atoms with E-state index in [1.807, 2.05) is 26.0 Å². The Kier molecular flexibility index (Phi) is 6.31. The summed E-state index contributed by atoms with van der Waals surface area (Å²) in [6.45, 7) is 6.07. The number of benzene rings is 1. The number of rotatable bonds is 7. The normalized spacial score (nSPS) is 12.1. The van der Waals surface area contributed by atoms with Crippen LogP contribution in [-0.2, 0) is 11.2 Å². The molecule has 0 aliphatic carbocycles. The fourth-order valence-electron chi connectivity index (χ4n) is 1.78. The minimum Gasteiger partial charge on any atom is -0.497 e. The first kappa shape index (κ1) is 16.3. The maximum Gasteiger partial charge on any atom is 0.260 e. The van der Waals surface area contributed by atoms with E-state index in [-0.39, 0.29) is 11.9 Å². The number of amides is 1. The van der Waals surface area contributed by atoms with E-state index in [0.717, 1.165) is 5.56 Å². The zero-order valence-electron chi connectivity index (χ0n) is 12.6. The van der Waals surface area contributed by atoms with Crippen molar-refractivity contribution < 1.29 is 14.3 Å². The minimum atomic E-state index is -0.568. The third kappa shape index (κ3) is 4.74. The fourth-order valence-corrected chi connectivity index (χ4v) is 1.78. The Labute approximate surface area is 120 Å². The molecule has 0 saturated carbocycles. The Bertz CT molecular complexity index is 447. The molecular weight excluding hydrogens is 256 g/mol. The second-order valence-corrected chi connectivity index (χ2v) is 4.94. The van der Waals surface area contributed by atoms with Gasteiger partial charge in [-0.3, -0.25) is 4.79 Å². The van der Waals surface area contributed by atoms with Gasteiger partial charge in [0.2, 0.25) is 0 Å². The van der Waals surface area contributed by atoms with Gasteiger partial charge in [0.05, 0.1) is 7.11 Å². The standard InChI is InChI=1S/C15H24N2O3/c1-10(2)17-15(18)11(3)20-14-9-13(19-4)6-5-12(14)7-8-16/h5-6,9-11H,7-8,16H2,1-4H3,(H,17,18). The van der Waals surface area contributed by atoms with Crippen LogP contribution in [0.1, 0.15) is 26.3 Å². The summed E-state index contributed by atoms with van der Waals surface area (Å²) in [7, 11) is 1.59. The zero-order chi connectivity index (χ0) is 15.1. The van der Waals surface area contributed by atoms with E-state index in [1.165, 1.54) is 0 Å². The van der Waals surface area contributed by atoms with Crippen LogP contribution in [0.4, 0.5) is 0 Å². The van der Waals surface area contributed by atoms with Crippen molar-refractivity contribution in [3.63, 3.8) is 0 Å². The third-order valence-electron chi connectivity index (χ3n) is 2.79. The summed E-state index contributed by atoms with van der Waals surface area (Å²) in [6.07, 6.45) is 0.124. The molecule has 0 aliphatic rings. The van der Waals surface area contributed by atoms with Gasteiger partial charge in [-0.15, -0.1) is 0 Å². The number of nitrogens with two attached hydrogens (primary N) is 1. The Morgan fingerprint density at radius 3 is 2.60 bits per heavy atom. The van der Waals surface area contributed by atoms with Crippen LogP contribution in [0.2, 0.25) is 0 Å². The van der Waals surface area contributed by atoms with Crippen LogP contribution >= 0.6 is 0 Å². The summed E-state index contributed by atoms with van der Waals surface area (Å²) < 4.78 is 10.9. The van der Waals surface area contributed by atoms with Crippen molar-refractivity contribution in [2.75, 3.05) is 13.7 Å². The first-order chi connectivity index (χ1) is 9.47. The number of carbonyl (C=O) groups excluding carboxylic acids is 1. The van der Waals surface area contributed by atoms with Crippen molar-refractivity contribution in [3.8, 4) is 11.5 Å². The highest BCUT2D eigenvalue weighted by atomic mass is 16.5. The maximum absolute atomic E-state index is 11.9. The summed E-state index contributed by atoms with van der Waals surface area (Å²) in [4.78, 5) is 11.9. The molecule has 1 atom stereocenters. The number of methoxy groups -OCH3 is 1. The molecule has 20 heavy (non-hydrogen) atoms. The highest BCUT2D eigenvalue weighted by Crippen LogP contribution is 2.26. The lowest BCUT2D eigenvalue weighted by Crippen LogP contribution is -2.40. The molecule has 0 saturated heterocycles. The second kappa shape index (κ2) is 7.75. The van der Waals surface area contributed by atoms with E-state index in [9.17, 15) is 4.79 Å². The Morgan fingerprint density at radius 2 is 2.05 bits per heavy atom. The molecule has 0 bridgehead atoms. The number of hydrogen-bond acceptors (Lipinski definition) is 4. The molecule has 1 aromatic carbocycles. The monoisotopic (exact) mass is 280 g/mol. The van der Waals surface area contributed by atoms with Crippen molar-refractivity contribution in [1.29, 1.82) is 0 Å². The van der Waals surface area contributed by atoms with Gasteiger partial charge in [-0.05, 0) is 45.4 Å². The summed E-state index contributed by atoms with van der Waals surface area (Å²) in [5.41, 5.74) is 6.56. The van der Waals surface area contributed by atoms with Gasteiger partial charge in [0.15, 0.2) is 6.10 Å². The van der Waals surface area contributed by atoms with Crippen LogP contribution in [0.3, 0.4) is 0 Å². The molecule has 5 nitrogen and oxygen atoms in total. The van der Waals surface area contributed by atoms with Crippen LogP contribution < -0.4 is 20.5 Å². The van der Waals surface area contributed by atoms with Gasteiger partial charge in [-0.1, -0.05) is 6.07 Å².